The molecule has 1 aliphatic heterocycles. The summed E-state index contributed by atoms with van der Waals surface area (Å²) in [7, 11) is 0. The molecular weight excluding hydrogens is 360 g/mol. The molecule has 2 aromatic carbocycles. The normalized spacial score (nSPS) is 16.1. The molecule has 5 rings (SSSR count). The molecule has 1 amide bonds. The standard InChI is InChI=1S/C21H14N2O3S/c1-12-6-8-13(9-7-12)17-16-18(24)14-4-2-3-5-15(14)26-19(16)20(25)23(17)21-22-10-11-27-21/h2-11,17H,1H3/t17-/m0/s1. The van der Waals surface area contributed by atoms with Crippen molar-refractivity contribution in [3.8, 4) is 0 Å². The largest absolute Gasteiger partial charge is 0.450 e. The molecule has 0 unspecified atom stereocenters. The SMILES string of the molecule is Cc1ccc([C@H]2c3c(oc4ccccc4c3=O)C(=O)N2c2nccs2)cc1. The Balaban J connectivity index is 1.83. The Morgan fingerprint density at radius 3 is 2.59 bits per heavy atom. The van der Waals surface area contributed by atoms with Gasteiger partial charge in [0, 0.05) is 11.6 Å². The first-order chi connectivity index (χ1) is 13.1. The number of carbonyl (C=O) groups is 1. The summed E-state index contributed by atoms with van der Waals surface area (Å²) >= 11 is 1.36. The quantitative estimate of drug-likeness (QED) is 0.525. The van der Waals surface area contributed by atoms with Crippen molar-refractivity contribution in [2.24, 2.45) is 0 Å². The van der Waals surface area contributed by atoms with Crippen LogP contribution in [0.5, 0.6) is 0 Å². The first kappa shape index (κ1) is 16.0. The number of thiazole rings is 1. The van der Waals surface area contributed by atoms with Crippen LogP contribution < -0.4 is 10.3 Å². The second-order valence-electron chi connectivity index (χ2n) is 6.47. The van der Waals surface area contributed by atoms with Gasteiger partial charge in [-0.1, -0.05) is 42.0 Å². The van der Waals surface area contributed by atoms with Gasteiger partial charge in [0.2, 0.25) is 5.76 Å². The number of anilines is 1. The van der Waals surface area contributed by atoms with Gasteiger partial charge in [0.05, 0.1) is 17.0 Å². The van der Waals surface area contributed by atoms with Gasteiger partial charge in [0.25, 0.3) is 5.91 Å². The molecular formula is C21H14N2O3S. The highest BCUT2D eigenvalue weighted by Crippen LogP contribution is 2.41. The van der Waals surface area contributed by atoms with Crippen LogP contribution in [0.4, 0.5) is 5.13 Å². The minimum absolute atomic E-state index is 0.0967. The fourth-order valence-corrected chi connectivity index (χ4v) is 4.18. The molecule has 4 aromatic rings. The van der Waals surface area contributed by atoms with Crippen molar-refractivity contribution in [3.05, 3.63) is 92.8 Å². The van der Waals surface area contributed by atoms with Crippen LogP contribution >= 0.6 is 11.3 Å². The number of hydrogen-bond donors (Lipinski definition) is 0. The summed E-state index contributed by atoms with van der Waals surface area (Å²) in [5, 5.41) is 2.83. The predicted octanol–water partition coefficient (Wildman–Crippen LogP) is 4.31. The fourth-order valence-electron chi connectivity index (χ4n) is 3.52. The highest BCUT2D eigenvalue weighted by molar-refractivity contribution is 7.13. The average Bonchev–Trinajstić information content (AvgIpc) is 3.30. The topological polar surface area (TPSA) is 63.4 Å². The van der Waals surface area contributed by atoms with Crippen LogP contribution in [0, 0.1) is 6.92 Å². The van der Waals surface area contributed by atoms with Gasteiger partial charge in [-0.05, 0) is 24.6 Å². The number of aryl methyl sites for hydroxylation is 1. The van der Waals surface area contributed by atoms with Crippen molar-refractivity contribution in [2.45, 2.75) is 13.0 Å². The number of para-hydroxylation sites is 1. The third-order valence-corrected chi connectivity index (χ3v) is 5.57. The van der Waals surface area contributed by atoms with Crippen LogP contribution in [-0.4, -0.2) is 10.9 Å². The Labute approximate surface area is 158 Å². The van der Waals surface area contributed by atoms with Gasteiger partial charge in [-0.3, -0.25) is 14.5 Å². The Hall–Kier alpha value is -3.25. The maximum Gasteiger partial charge on any atom is 0.297 e. The van der Waals surface area contributed by atoms with Crippen LogP contribution in [0.1, 0.15) is 33.3 Å². The van der Waals surface area contributed by atoms with Crippen LogP contribution in [0.2, 0.25) is 0 Å². The van der Waals surface area contributed by atoms with E-state index < -0.39 is 6.04 Å². The number of amides is 1. The zero-order chi connectivity index (χ0) is 18.5. The summed E-state index contributed by atoms with van der Waals surface area (Å²) in [6.07, 6.45) is 1.65. The molecule has 0 N–H and O–H groups in total. The molecule has 1 aliphatic rings. The molecule has 0 saturated carbocycles. The zero-order valence-electron chi connectivity index (χ0n) is 14.4. The molecule has 3 heterocycles. The van der Waals surface area contributed by atoms with Crippen LogP contribution in [0.25, 0.3) is 11.0 Å². The molecule has 27 heavy (non-hydrogen) atoms. The molecule has 0 aliphatic carbocycles. The van der Waals surface area contributed by atoms with Gasteiger partial charge >= 0.3 is 0 Å². The van der Waals surface area contributed by atoms with Gasteiger partial charge in [-0.25, -0.2) is 4.98 Å². The van der Waals surface area contributed by atoms with Crippen molar-refractivity contribution in [1.29, 1.82) is 0 Å². The van der Waals surface area contributed by atoms with Crippen molar-refractivity contribution >= 4 is 33.3 Å². The fraction of sp³-hybridized carbons (Fsp3) is 0.0952. The van der Waals surface area contributed by atoms with E-state index in [0.29, 0.717) is 21.7 Å². The lowest BCUT2D eigenvalue weighted by Gasteiger charge is -2.22. The molecule has 0 spiro atoms. The van der Waals surface area contributed by atoms with E-state index in [0.717, 1.165) is 11.1 Å². The Morgan fingerprint density at radius 2 is 1.85 bits per heavy atom. The lowest BCUT2D eigenvalue weighted by molar-refractivity contribution is 0.0971. The average molecular weight is 374 g/mol. The van der Waals surface area contributed by atoms with Crippen LogP contribution in [-0.2, 0) is 0 Å². The van der Waals surface area contributed by atoms with E-state index in [1.165, 1.54) is 11.3 Å². The first-order valence-corrected chi connectivity index (χ1v) is 9.38. The zero-order valence-corrected chi connectivity index (χ0v) is 15.2. The number of nitrogens with zero attached hydrogens (tertiary/aromatic N) is 2. The number of benzene rings is 2. The van der Waals surface area contributed by atoms with E-state index in [1.807, 2.05) is 36.6 Å². The molecule has 5 nitrogen and oxygen atoms in total. The maximum absolute atomic E-state index is 13.3. The number of fused-ring (bicyclic) bond motifs is 2. The first-order valence-electron chi connectivity index (χ1n) is 8.50. The molecule has 0 radical (unpaired) electrons. The van der Waals surface area contributed by atoms with E-state index in [1.54, 1.807) is 35.4 Å². The molecule has 132 valence electrons. The molecule has 2 aromatic heterocycles. The van der Waals surface area contributed by atoms with Crippen LogP contribution in [0.3, 0.4) is 0 Å². The summed E-state index contributed by atoms with van der Waals surface area (Å²) in [6, 6.07) is 14.3. The van der Waals surface area contributed by atoms with E-state index >= 15 is 0 Å². The number of aromatic nitrogens is 1. The monoisotopic (exact) mass is 374 g/mol. The molecule has 0 fully saturated rings. The molecule has 1 atom stereocenters. The van der Waals surface area contributed by atoms with Gasteiger partial charge in [-0.15, -0.1) is 11.3 Å². The summed E-state index contributed by atoms with van der Waals surface area (Å²) in [5.74, 6) is -0.243. The summed E-state index contributed by atoms with van der Waals surface area (Å²) < 4.78 is 5.89. The van der Waals surface area contributed by atoms with Crippen molar-refractivity contribution < 1.29 is 9.21 Å². The van der Waals surface area contributed by atoms with Crippen molar-refractivity contribution in [2.75, 3.05) is 4.90 Å². The maximum atomic E-state index is 13.3. The third kappa shape index (κ3) is 2.34. The highest BCUT2D eigenvalue weighted by atomic mass is 32.1. The van der Waals surface area contributed by atoms with Gasteiger partial charge < -0.3 is 4.42 Å². The molecule has 0 bridgehead atoms. The lowest BCUT2D eigenvalue weighted by Crippen LogP contribution is -2.29. The molecule has 6 heteroatoms. The third-order valence-electron chi connectivity index (χ3n) is 4.80. The Bertz CT molecular complexity index is 1230. The predicted molar refractivity (Wildman–Crippen MR) is 104 cm³/mol. The van der Waals surface area contributed by atoms with E-state index in [9.17, 15) is 9.59 Å². The summed E-state index contributed by atoms with van der Waals surface area (Å²) in [4.78, 5) is 32.3. The Morgan fingerprint density at radius 1 is 1.07 bits per heavy atom. The summed E-state index contributed by atoms with van der Waals surface area (Å²) in [5.41, 5.74) is 2.57. The Kier molecular flexibility index (Phi) is 3.48. The van der Waals surface area contributed by atoms with E-state index in [4.69, 9.17) is 4.42 Å². The lowest BCUT2D eigenvalue weighted by atomic mass is 9.98. The van der Waals surface area contributed by atoms with E-state index in [-0.39, 0.29) is 17.1 Å². The second-order valence-corrected chi connectivity index (χ2v) is 7.35. The number of hydrogen-bond acceptors (Lipinski definition) is 5. The second kappa shape index (κ2) is 5.89. The number of carbonyl (C=O) groups excluding carboxylic acids is 1. The van der Waals surface area contributed by atoms with Gasteiger partial charge in [0.15, 0.2) is 10.6 Å². The van der Waals surface area contributed by atoms with Crippen molar-refractivity contribution in [1.82, 2.24) is 4.98 Å². The minimum Gasteiger partial charge on any atom is -0.450 e. The van der Waals surface area contributed by atoms with Gasteiger partial charge in [-0.2, -0.15) is 0 Å². The highest BCUT2D eigenvalue weighted by Gasteiger charge is 2.44. The molecule has 0 saturated heterocycles. The van der Waals surface area contributed by atoms with Gasteiger partial charge in [0.1, 0.15) is 5.58 Å². The van der Waals surface area contributed by atoms with E-state index in [2.05, 4.69) is 4.98 Å². The van der Waals surface area contributed by atoms with Crippen LogP contribution in [0.15, 0.2) is 69.3 Å². The minimum atomic E-state index is -0.555. The van der Waals surface area contributed by atoms with Crippen molar-refractivity contribution in [3.63, 3.8) is 0 Å². The number of rotatable bonds is 2. The smallest absolute Gasteiger partial charge is 0.297 e. The summed E-state index contributed by atoms with van der Waals surface area (Å²) in [6.45, 7) is 2.00.